The molecular formula is C14H22ClN. The molecule has 0 N–H and O–H groups in total. The number of aryl methyl sites for hydroxylation is 1. The second kappa shape index (κ2) is 5.58. The van der Waals surface area contributed by atoms with Gasteiger partial charge in [0.25, 0.3) is 0 Å². The summed E-state index contributed by atoms with van der Waals surface area (Å²) in [6, 6.07) is 7.00. The van der Waals surface area contributed by atoms with Crippen LogP contribution in [0.3, 0.4) is 0 Å². The minimum absolute atomic E-state index is 0.542. The lowest BCUT2D eigenvalue weighted by molar-refractivity contribution is 0.505. The van der Waals surface area contributed by atoms with Crippen LogP contribution in [0.5, 0.6) is 0 Å². The molecule has 0 spiro atoms. The number of anilines is 1. The summed E-state index contributed by atoms with van der Waals surface area (Å²) in [6.07, 6.45) is 0. The zero-order valence-corrected chi connectivity index (χ0v) is 11.7. The van der Waals surface area contributed by atoms with Crippen LogP contribution < -0.4 is 4.90 Å². The Kier molecular flexibility index (Phi) is 4.67. The first kappa shape index (κ1) is 13.4. The summed E-state index contributed by atoms with van der Waals surface area (Å²) in [5.41, 5.74) is 3.79. The van der Waals surface area contributed by atoms with Gasteiger partial charge >= 0.3 is 0 Å². The molecular weight excluding hydrogens is 218 g/mol. The molecule has 0 radical (unpaired) electrons. The smallest absolute Gasteiger partial charge is 0.0474 e. The van der Waals surface area contributed by atoms with E-state index in [1.165, 1.54) is 16.8 Å². The fraction of sp³-hybridized carbons (Fsp3) is 0.571. The maximum absolute atomic E-state index is 5.83. The van der Waals surface area contributed by atoms with E-state index in [2.05, 4.69) is 57.8 Å². The van der Waals surface area contributed by atoms with Gasteiger partial charge in [0.1, 0.15) is 0 Å². The molecule has 1 aromatic carbocycles. The Morgan fingerprint density at radius 3 is 2.31 bits per heavy atom. The molecule has 0 amide bonds. The fourth-order valence-electron chi connectivity index (χ4n) is 1.86. The Labute approximate surface area is 104 Å². The Bertz CT molecular complexity index is 347. The number of halogens is 1. The van der Waals surface area contributed by atoms with Gasteiger partial charge < -0.3 is 4.90 Å². The highest BCUT2D eigenvalue weighted by atomic mass is 35.5. The van der Waals surface area contributed by atoms with Crippen LogP contribution in [0.25, 0.3) is 0 Å². The van der Waals surface area contributed by atoms with Gasteiger partial charge in [0.2, 0.25) is 0 Å². The van der Waals surface area contributed by atoms with Gasteiger partial charge in [0.05, 0.1) is 0 Å². The normalized spacial score (nSPS) is 12.9. The highest BCUT2D eigenvalue weighted by molar-refractivity contribution is 6.17. The molecule has 90 valence electrons. The van der Waals surface area contributed by atoms with Crippen molar-refractivity contribution in [1.29, 1.82) is 0 Å². The quantitative estimate of drug-likeness (QED) is 0.712. The van der Waals surface area contributed by atoms with Crippen LogP contribution >= 0.6 is 11.6 Å². The van der Waals surface area contributed by atoms with Crippen LogP contribution in [0.2, 0.25) is 0 Å². The van der Waals surface area contributed by atoms with E-state index in [0.29, 0.717) is 17.8 Å². The van der Waals surface area contributed by atoms with Crippen LogP contribution in [0.1, 0.15) is 31.9 Å². The largest absolute Gasteiger partial charge is 0.371 e. The average Bonchev–Trinajstić information content (AvgIpc) is 2.26. The molecule has 2 heteroatoms. The maximum Gasteiger partial charge on any atom is 0.0474 e. The summed E-state index contributed by atoms with van der Waals surface area (Å²) in [4.78, 5) is 2.35. The van der Waals surface area contributed by atoms with Gasteiger partial charge in [-0.25, -0.2) is 0 Å². The van der Waals surface area contributed by atoms with Crippen molar-refractivity contribution in [2.24, 2.45) is 5.92 Å². The van der Waals surface area contributed by atoms with E-state index < -0.39 is 0 Å². The van der Waals surface area contributed by atoms with Gasteiger partial charge in [0, 0.05) is 24.7 Å². The molecule has 0 aliphatic carbocycles. The number of benzene rings is 1. The van der Waals surface area contributed by atoms with E-state index in [0.717, 1.165) is 0 Å². The van der Waals surface area contributed by atoms with Crippen LogP contribution in [-0.4, -0.2) is 13.1 Å². The summed E-state index contributed by atoms with van der Waals surface area (Å²) in [5, 5.41) is 0. The molecule has 1 rings (SSSR count). The Hall–Kier alpha value is -0.690. The molecule has 0 fully saturated rings. The third-order valence-electron chi connectivity index (χ3n) is 3.37. The van der Waals surface area contributed by atoms with E-state index >= 15 is 0 Å². The van der Waals surface area contributed by atoms with Gasteiger partial charge in [-0.15, -0.1) is 11.6 Å². The van der Waals surface area contributed by atoms with Crippen LogP contribution in [0, 0.1) is 12.8 Å². The predicted octanol–water partition coefficient (Wildman–Crippen LogP) is 4.21. The fourth-order valence-corrected chi connectivity index (χ4v) is 2.03. The van der Waals surface area contributed by atoms with Crippen molar-refractivity contribution in [3.05, 3.63) is 29.3 Å². The Morgan fingerprint density at radius 2 is 1.88 bits per heavy atom. The Morgan fingerprint density at radius 1 is 1.25 bits per heavy atom. The summed E-state index contributed by atoms with van der Waals surface area (Å²) in [6.45, 7) is 8.92. The third-order valence-corrected chi connectivity index (χ3v) is 3.68. The average molecular weight is 240 g/mol. The number of alkyl halides is 1. The summed E-state index contributed by atoms with van der Waals surface area (Å²) in [7, 11) is 2.16. The molecule has 0 aromatic heterocycles. The molecule has 0 aliphatic heterocycles. The zero-order chi connectivity index (χ0) is 12.3. The van der Waals surface area contributed by atoms with E-state index in [1.54, 1.807) is 0 Å². The van der Waals surface area contributed by atoms with E-state index in [-0.39, 0.29) is 0 Å². The molecule has 1 nitrogen and oxygen atoms in total. The first-order valence-corrected chi connectivity index (χ1v) is 6.39. The molecule has 1 aromatic rings. The lowest BCUT2D eigenvalue weighted by atomic mass is 10.0. The number of nitrogens with zero attached hydrogens (tertiary/aromatic N) is 1. The van der Waals surface area contributed by atoms with Gasteiger partial charge in [-0.3, -0.25) is 0 Å². The lowest BCUT2D eigenvalue weighted by Crippen LogP contribution is -2.33. The topological polar surface area (TPSA) is 3.24 Å². The standard InChI is InChI=1S/C14H22ClN/c1-10(2)12(4)16(5)14-7-6-13(9-15)8-11(14)3/h6-8,10,12H,9H2,1-5H3. The predicted molar refractivity (Wildman–Crippen MR) is 73.4 cm³/mol. The molecule has 0 saturated carbocycles. The minimum Gasteiger partial charge on any atom is -0.371 e. The van der Waals surface area contributed by atoms with Crippen molar-refractivity contribution < 1.29 is 0 Å². The Balaban J connectivity index is 2.96. The monoisotopic (exact) mass is 239 g/mol. The number of hydrogen-bond acceptors (Lipinski definition) is 1. The van der Waals surface area contributed by atoms with Gasteiger partial charge in [-0.1, -0.05) is 26.0 Å². The van der Waals surface area contributed by atoms with Crippen molar-refractivity contribution in [3.8, 4) is 0 Å². The number of hydrogen-bond donors (Lipinski definition) is 0. The summed E-state index contributed by atoms with van der Waals surface area (Å²) in [5.74, 6) is 1.24. The highest BCUT2D eigenvalue weighted by Gasteiger charge is 2.15. The van der Waals surface area contributed by atoms with Crippen LogP contribution in [0.15, 0.2) is 18.2 Å². The first-order chi connectivity index (χ1) is 7.47. The SMILES string of the molecule is Cc1cc(CCl)ccc1N(C)C(C)C(C)C. The molecule has 0 bridgehead atoms. The van der Waals surface area contributed by atoms with Crippen molar-refractivity contribution in [1.82, 2.24) is 0 Å². The molecule has 1 unspecified atom stereocenters. The number of rotatable bonds is 4. The molecule has 0 heterocycles. The molecule has 1 atom stereocenters. The van der Waals surface area contributed by atoms with Crippen molar-refractivity contribution in [2.75, 3.05) is 11.9 Å². The molecule has 0 saturated heterocycles. The van der Waals surface area contributed by atoms with Crippen molar-refractivity contribution >= 4 is 17.3 Å². The third kappa shape index (κ3) is 2.91. The van der Waals surface area contributed by atoms with Crippen LogP contribution in [0.4, 0.5) is 5.69 Å². The van der Waals surface area contributed by atoms with E-state index in [4.69, 9.17) is 11.6 Å². The van der Waals surface area contributed by atoms with E-state index in [1.807, 2.05) is 0 Å². The van der Waals surface area contributed by atoms with Crippen molar-refractivity contribution in [3.63, 3.8) is 0 Å². The van der Waals surface area contributed by atoms with Crippen LogP contribution in [-0.2, 0) is 5.88 Å². The maximum atomic E-state index is 5.83. The zero-order valence-electron chi connectivity index (χ0n) is 10.9. The van der Waals surface area contributed by atoms with Gasteiger partial charge in [0.15, 0.2) is 0 Å². The van der Waals surface area contributed by atoms with Crippen molar-refractivity contribution in [2.45, 2.75) is 39.6 Å². The van der Waals surface area contributed by atoms with Gasteiger partial charge in [-0.2, -0.15) is 0 Å². The highest BCUT2D eigenvalue weighted by Crippen LogP contribution is 2.24. The minimum atomic E-state index is 0.542. The molecule has 16 heavy (non-hydrogen) atoms. The summed E-state index contributed by atoms with van der Waals surface area (Å²) < 4.78 is 0. The van der Waals surface area contributed by atoms with Gasteiger partial charge in [-0.05, 0) is 37.0 Å². The second-order valence-electron chi connectivity index (χ2n) is 4.85. The summed E-state index contributed by atoms with van der Waals surface area (Å²) >= 11 is 5.83. The molecule has 0 aliphatic rings. The van der Waals surface area contributed by atoms with E-state index in [9.17, 15) is 0 Å². The second-order valence-corrected chi connectivity index (χ2v) is 5.12. The first-order valence-electron chi connectivity index (χ1n) is 5.85. The lowest BCUT2D eigenvalue weighted by Gasteiger charge is -2.31.